The molecule has 0 unspecified atom stereocenters. The fraction of sp³-hybridized carbons (Fsp3) is 0.375. The molecule has 198 valence electrons. The van der Waals surface area contributed by atoms with Crippen molar-refractivity contribution >= 4 is 57.6 Å². The maximum atomic E-state index is 13.2. The van der Waals surface area contributed by atoms with Crippen LogP contribution in [0.2, 0.25) is 0 Å². The predicted molar refractivity (Wildman–Crippen MR) is 133 cm³/mol. The van der Waals surface area contributed by atoms with Gasteiger partial charge in [0.05, 0.1) is 21.9 Å². The number of carbonyl (C=O) groups excluding carboxylic acids is 1. The first-order valence-corrected chi connectivity index (χ1v) is 13.2. The van der Waals surface area contributed by atoms with E-state index in [-0.39, 0.29) is 34.9 Å². The molecule has 37 heavy (non-hydrogen) atoms. The molecule has 2 fully saturated rings. The van der Waals surface area contributed by atoms with Crippen LogP contribution in [0.3, 0.4) is 0 Å². The summed E-state index contributed by atoms with van der Waals surface area (Å²) in [6.07, 6.45) is -5.97. The number of alkyl halides is 6. The topological polar surface area (TPSA) is 57.6 Å². The number of hydrogen-bond acceptors (Lipinski definition) is 5. The normalized spacial score (nSPS) is 22.2. The first-order valence-electron chi connectivity index (χ1n) is 11.1. The summed E-state index contributed by atoms with van der Waals surface area (Å²) in [5, 5.41) is 10.6. The highest BCUT2D eigenvalue weighted by molar-refractivity contribution is 8.26. The van der Waals surface area contributed by atoms with Crippen LogP contribution in [0.4, 0.5) is 26.3 Å². The minimum atomic E-state index is -4.95. The van der Waals surface area contributed by atoms with E-state index in [2.05, 4.69) is 0 Å². The number of amides is 1. The number of nitrogens with zero attached hydrogens (tertiary/aromatic N) is 1. The smallest absolute Gasteiger partial charge is 0.416 e. The maximum absolute atomic E-state index is 13.2. The third-order valence-corrected chi connectivity index (χ3v) is 8.58. The molecule has 1 N–H and O–H groups in total. The van der Waals surface area contributed by atoms with E-state index in [1.807, 2.05) is 0 Å². The van der Waals surface area contributed by atoms with Crippen LogP contribution in [0.1, 0.15) is 41.7 Å². The molecule has 1 aromatic heterocycles. The molecule has 1 amide bonds. The van der Waals surface area contributed by atoms with Crippen molar-refractivity contribution in [1.29, 1.82) is 0 Å². The molecule has 13 heteroatoms. The molecule has 0 spiro atoms. The molecule has 4 nitrogen and oxygen atoms in total. The highest BCUT2D eigenvalue weighted by atomic mass is 32.2. The minimum Gasteiger partial charge on any atom is -0.481 e. The van der Waals surface area contributed by atoms with Crippen LogP contribution in [0.25, 0.3) is 17.2 Å². The fourth-order valence-corrected chi connectivity index (χ4v) is 6.53. The Hall–Kier alpha value is -2.38. The van der Waals surface area contributed by atoms with E-state index in [0.29, 0.717) is 58.5 Å². The number of rotatable bonds is 5. The number of halogens is 6. The summed E-state index contributed by atoms with van der Waals surface area (Å²) in [5.41, 5.74) is -2.87. The molecule has 1 aromatic carbocycles. The van der Waals surface area contributed by atoms with E-state index >= 15 is 0 Å². The van der Waals surface area contributed by atoms with Gasteiger partial charge in [0.25, 0.3) is 5.91 Å². The van der Waals surface area contributed by atoms with Gasteiger partial charge in [-0.3, -0.25) is 14.5 Å². The monoisotopic (exact) mass is 579 g/mol. The number of carboxylic acids is 1. The summed E-state index contributed by atoms with van der Waals surface area (Å²) < 4.78 is 79.6. The molecule has 0 atom stereocenters. The van der Waals surface area contributed by atoms with Crippen molar-refractivity contribution in [3.8, 4) is 11.1 Å². The van der Waals surface area contributed by atoms with Gasteiger partial charge in [-0.05, 0) is 78.4 Å². The Bertz CT molecular complexity index is 1230. The Morgan fingerprint density at radius 3 is 2.14 bits per heavy atom. The van der Waals surface area contributed by atoms with E-state index in [1.54, 1.807) is 0 Å². The molecule has 1 aliphatic carbocycles. The highest BCUT2D eigenvalue weighted by Crippen LogP contribution is 2.41. The van der Waals surface area contributed by atoms with Gasteiger partial charge < -0.3 is 5.11 Å². The molecule has 1 saturated heterocycles. The second-order valence-corrected chi connectivity index (χ2v) is 11.5. The lowest BCUT2D eigenvalue weighted by Crippen LogP contribution is -2.35. The number of aliphatic carboxylic acids is 1. The van der Waals surface area contributed by atoms with E-state index in [9.17, 15) is 35.9 Å². The molecule has 2 heterocycles. The molecular formula is C24H19F6NO3S3. The molecule has 1 aliphatic heterocycles. The number of thiophene rings is 1. The van der Waals surface area contributed by atoms with Gasteiger partial charge >= 0.3 is 18.3 Å². The third kappa shape index (κ3) is 6.37. The zero-order chi connectivity index (χ0) is 27.1. The largest absolute Gasteiger partial charge is 0.481 e. The Labute approximate surface area is 221 Å². The molecule has 0 bridgehead atoms. The quantitative estimate of drug-likeness (QED) is 0.225. The summed E-state index contributed by atoms with van der Waals surface area (Å²) in [6, 6.07) is 2.84. The van der Waals surface area contributed by atoms with Crippen molar-refractivity contribution in [1.82, 2.24) is 4.90 Å². The van der Waals surface area contributed by atoms with Crippen molar-refractivity contribution in [2.75, 3.05) is 6.54 Å². The zero-order valence-corrected chi connectivity index (χ0v) is 21.3. The minimum absolute atomic E-state index is 0.0796. The zero-order valence-electron chi connectivity index (χ0n) is 18.9. The number of hydrogen-bond donors (Lipinski definition) is 1. The second-order valence-electron chi connectivity index (χ2n) is 8.88. The van der Waals surface area contributed by atoms with Crippen LogP contribution in [-0.4, -0.2) is 32.7 Å². The van der Waals surface area contributed by atoms with Gasteiger partial charge in [-0.2, -0.15) is 26.3 Å². The average Bonchev–Trinajstić information content (AvgIpc) is 3.38. The van der Waals surface area contributed by atoms with Gasteiger partial charge in [-0.15, -0.1) is 11.3 Å². The van der Waals surface area contributed by atoms with Gasteiger partial charge in [0.15, 0.2) is 0 Å². The summed E-state index contributed by atoms with van der Waals surface area (Å²) in [5.74, 6) is -1.40. The van der Waals surface area contributed by atoms with Gasteiger partial charge in [-0.1, -0.05) is 24.0 Å². The highest BCUT2D eigenvalue weighted by Gasteiger charge is 2.38. The van der Waals surface area contributed by atoms with Crippen molar-refractivity contribution in [3.05, 3.63) is 50.6 Å². The second kappa shape index (κ2) is 10.4. The van der Waals surface area contributed by atoms with Crippen LogP contribution in [-0.2, 0) is 21.9 Å². The summed E-state index contributed by atoms with van der Waals surface area (Å²) >= 11 is 7.50. The van der Waals surface area contributed by atoms with Gasteiger partial charge in [-0.25, -0.2) is 0 Å². The number of thiocarbonyl (C=S) groups is 1. The first kappa shape index (κ1) is 27.6. The van der Waals surface area contributed by atoms with Gasteiger partial charge in [0, 0.05) is 11.4 Å². The number of benzene rings is 1. The fourth-order valence-electron chi connectivity index (χ4n) is 4.34. The maximum Gasteiger partial charge on any atom is 0.416 e. The van der Waals surface area contributed by atoms with Crippen molar-refractivity contribution in [2.45, 2.75) is 38.0 Å². The Balaban J connectivity index is 1.52. The standard InChI is InChI=1S/C24H19F6NO3S3/c25-23(26,27)16-5-14(6-17(8-16)24(28,29)30)15-7-18(36-11-15)9-19-20(32)31(22(35)37-19)10-12-1-3-13(4-2-12)21(33)34/h5-9,11-13H,1-4,10H2,(H,33,34). The van der Waals surface area contributed by atoms with Crippen LogP contribution >= 0.6 is 35.3 Å². The average molecular weight is 580 g/mol. The Morgan fingerprint density at radius 1 is 1.00 bits per heavy atom. The van der Waals surface area contributed by atoms with Crippen LogP contribution in [0, 0.1) is 11.8 Å². The van der Waals surface area contributed by atoms with E-state index in [0.717, 1.165) is 23.1 Å². The number of thioether (sulfide) groups is 1. The van der Waals surface area contributed by atoms with E-state index in [4.69, 9.17) is 17.3 Å². The summed E-state index contributed by atoms with van der Waals surface area (Å²) in [7, 11) is 0. The Morgan fingerprint density at radius 2 is 1.59 bits per heavy atom. The first-order chi connectivity index (χ1) is 17.2. The lowest BCUT2D eigenvalue weighted by Gasteiger charge is -2.29. The number of carboxylic acid groups (broad SMARTS) is 1. The SMILES string of the molecule is O=C(O)C1CCC(CN2C(=O)C(=Cc3cc(-c4cc(C(F)(F)F)cc(C(F)(F)F)c4)cs3)SC2=S)CC1. The van der Waals surface area contributed by atoms with Crippen molar-refractivity contribution in [3.63, 3.8) is 0 Å². The van der Waals surface area contributed by atoms with E-state index < -0.39 is 29.4 Å². The lowest BCUT2D eigenvalue weighted by molar-refractivity contribution is -0.144. The van der Waals surface area contributed by atoms with Crippen LogP contribution < -0.4 is 0 Å². The van der Waals surface area contributed by atoms with Crippen LogP contribution in [0.5, 0.6) is 0 Å². The Kier molecular flexibility index (Phi) is 7.78. The van der Waals surface area contributed by atoms with Crippen molar-refractivity contribution in [2.24, 2.45) is 11.8 Å². The number of carbonyl (C=O) groups is 2. The molecule has 2 aromatic rings. The summed E-state index contributed by atoms with van der Waals surface area (Å²) in [6.45, 7) is 0.370. The van der Waals surface area contributed by atoms with Crippen LogP contribution in [0.15, 0.2) is 34.6 Å². The molecule has 1 saturated carbocycles. The van der Waals surface area contributed by atoms with E-state index in [1.165, 1.54) is 22.4 Å². The molecule has 0 radical (unpaired) electrons. The molecule has 4 rings (SSSR count). The lowest BCUT2D eigenvalue weighted by atomic mass is 9.82. The molecular weight excluding hydrogens is 560 g/mol. The molecule has 2 aliphatic rings. The van der Waals surface area contributed by atoms with Gasteiger partial charge in [0.2, 0.25) is 0 Å². The van der Waals surface area contributed by atoms with Gasteiger partial charge in [0.1, 0.15) is 4.32 Å². The predicted octanol–water partition coefficient (Wildman–Crippen LogP) is 7.54. The third-order valence-electron chi connectivity index (χ3n) is 6.32. The summed E-state index contributed by atoms with van der Waals surface area (Å²) in [4.78, 5) is 26.4. The van der Waals surface area contributed by atoms with Crippen molar-refractivity contribution < 1.29 is 41.0 Å².